The second kappa shape index (κ2) is 7.02. The molecule has 2 N–H and O–H groups in total. The van der Waals surface area contributed by atoms with Crippen LogP contribution in [0.3, 0.4) is 0 Å². The number of carbonyl (C=O) groups is 1. The minimum atomic E-state index is -0.380. The van der Waals surface area contributed by atoms with Crippen LogP contribution in [-0.4, -0.2) is 45.8 Å². The van der Waals surface area contributed by atoms with Crippen LogP contribution in [-0.2, 0) is 6.54 Å². The zero-order valence-corrected chi connectivity index (χ0v) is 16.7. The Morgan fingerprint density at radius 3 is 2.68 bits per heavy atom. The molecule has 0 aliphatic carbocycles. The molecule has 2 aliphatic rings. The summed E-state index contributed by atoms with van der Waals surface area (Å²) in [6.45, 7) is 8.31. The van der Waals surface area contributed by atoms with Gasteiger partial charge in [0, 0.05) is 43.3 Å². The molecule has 0 bridgehead atoms. The molecule has 1 fully saturated rings. The molecule has 1 aromatic heterocycles. The SMILES string of the molecule is CC(C)(C)N=C1Nc2ccccc2CNC12CCN(C(=O)c1ccncc1)C2. The van der Waals surface area contributed by atoms with Crippen molar-refractivity contribution >= 4 is 17.4 Å². The normalized spacial score (nSPS) is 23.4. The smallest absolute Gasteiger partial charge is 0.254 e. The van der Waals surface area contributed by atoms with E-state index in [9.17, 15) is 4.79 Å². The fourth-order valence-electron chi connectivity index (χ4n) is 3.86. The van der Waals surface area contributed by atoms with E-state index in [0.29, 0.717) is 18.7 Å². The van der Waals surface area contributed by atoms with Gasteiger partial charge in [-0.15, -0.1) is 0 Å². The highest BCUT2D eigenvalue weighted by Gasteiger charge is 2.46. The van der Waals surface area contributed by atoms with Crippen molar-refractivity contribution in [1.82, 2.24) is 15.2 Å². The molecule has 1 aromatic carbocycles. The van der Waals surface area contributed by atoms with Gasteiger partial charge in [0.1, 0.15) is 5.84 Å². The lowest BCUT2D eigenvalue weighted by Crippen LogP contribution is -2.56. The largest absolute Gasteiger partial charge is 0.342 e. The summed E-state index contributed by atoms with van der Waals surface area (Å²) in [4.78, 5) is 23.9. The number of pyridine rings is 1. The third kappa shape index (κ3) is 3.64. The summed E-state index contributed by atoms with van der Waals surface area (Å²) in [6, 6.07) is 11.8. The van der Waals surface area contributed by atoms with E-state index in [1.54, 1.807) is 24.5 Å². The second-order valence-electron chi connectivity index (χ2n) is 8.56. The van der Waals surface area contributed by atoms with Crippen molar-refractivity contribution in [3.63, 3.8) is 0 Å². The first-order chi connectivity index (χ1) is 13.4. The van der Waals surface area contributed by atoms with E-state index in [0.717, 1.165) is 24.5 Å². The third-order valence-electron chi connectivity index (χ3n) is 5.27. The highest BCUT2D eigenvalue weighted by molar-refractivity contribution is 6.05. The van der Waals surface area contributed by atoms with E-state index in [-0.39, 0.29) is 17.0 Å². The van der Waals surface area contributed by atoms with Gasteiger partial charge in [-0.1, -0.05) is 18.2 Å². The molecule has 1 saturated heterocycles. The molecule has 1 atom stereocenters. The van der Waals surface area contributed by atoms with E-state index < -0.39 is 0 Å². The van der Waals surface area contributed by atoms with Gasteiger partial charge < -0.3 is 10.2 Å². The molecule has 2 aliphatic heterocycles. The van der Waals surface area contributed by atoms with Crippen molar-refractivity contribution in [3.8, 4) is 0 Å². The molecular formula is C22H27N5O. The fourth-order valence-corrected chi connectivity index (χ4v) is 3.86. The number of amides is 1. The van der Waals surface area contributed by atoms with Gasteiger partial charge in [-0.2, -0.15) is 0 Å². The van der Waals surface area contributed by atoms with Crippen molar-refractivity contribution in [3.05, 3.63) is 59.9 Å². The molecule has 0 radical (unpaired) electrons. The average molecular weight is 377 g/mol. The van der Waals surface area contributed by atoms with Crippen LogP contribution >= 0.6 is 0 Å². The number of hydrogen-bond donors (Lipinski definition) is 2. The van der Waals surface area contributed by atoms with E-state index in [1.807, 2.05) is 11.0 Å². The molecule has 28 heavy (non-hydrogen) atoms. The van der Waals surface area contributed by atoms with E-state index >= 15 is 0 Å². The van der Waals surface area contributed by atoms with Gasteiger partial charge in [-0.3, -0.25) is 20.1 Å². The van der Waals surface area contributed by atoms with Crippen LogP contribution in [0, 0.1) is 0 Å². The number of amidine groups is 1. The maximum Gasteiger partial charge on any atom is 0.254 e. The first kappa shape index (κ1) is 18.6. The Morgan fingerprint density at radius 1 is 1.18 bits per heavy atom. The van der Waals surface area contributed by atoms with Gasteiger partial charge in [0.15, 0.2) is 0 Å². The van der Waals surface area contributed by atoms with Crippen LogP contribution in [0.25, 0.3) is 0 Å². The summed E-state index contributed by atoms with van der Waals surface area (Å²) in [7, 11) is 0. The summed E-state index contributed by atoms with van der Waals surface area (Å²) in [5, 5.41) is 7.31. The topological polar surface area (TPSA) is 69.6 Å². The maximum absolute atomic E-state index is 13.0. The van der Waals surface area contributed by atoms with Gasteiger partial charge in [0.05, 0.1) is 11.1 Å². The first-order valence-electron chi connectivity index (χ1n) is 9.76. The van der Waals surface area contributed by atoms with E-state index in [4.69, 9.17) is 4.99 Å². The number of fused-ring (bicyclic) bond motifs is 1. The summed E-state index contributed by atoms with van der Waals surface area (Å²) < 4.78 is 0. The molecule has 6 nitrogen and oxygen atoms in total. The number of likely N-dealkylation sites (tertiary alicyclic amines) is 1. The average Bonchev–Trinajstić information content (AvgIpc) is 3.05. The summed E-state index contributed by atoms with van der Waals surface area (Å²) in [6.07, 6.45) is 4.14. The summed E-state index contributed by atoms with van der Waals surface area (Å²) in [5.41, 5.74) is 2.35. The number of nitrogens with one attached hydrogen (secondary N) is 2. The highest BCUT2D eigenvalue weighted by atomic mass is 16.2. The molecule has 3 heterocycles. The standard InChI is InChI=1S/C22H27N5O/c1-21(2,3)26-20-22(24-14-17-6-4-5-7-18(17)25-20)10-13-27(15-22)19(28)16-8-11-23-12-9-16/h4-9,11-12,24H,10,13-15H2,1-3H3,(H,25,26). The summed E-state index contributed by atoms with van der Waals surface area (Å²) >= 11 is 0. The van der Waals surface area contributed by atoms with Gasteiger partial charge >= 0.3 is 0 Å². The number of aliphatic imine (C=N–C) groups is 1. The summed E-state index contributed by atoms with van der Waals surface area (Å²) in [5.74, 6) is 0.952. The predicted molar refractivity (Wildman–Crippen MR) is 112 cm³/mol. The first-order valence-corrected chi connectivity index (χ1v) is 9.76. The molecule has 6 heteroatoms. The number of hydrogen-bond acceptors (Lipinski definition) is 4. The van der Waals surface area contributed by atoms with Crippen LogP contribution in [0.4, 0.5) is 5.69 Å². The number of nitrogens with zero attached hydrogens (tertiary/aromatic N) is 3. The predicted octanol–water partition coefficient (Wildman–Crippen LogP) is 3.08. The molecular weight excluding hydrogens is 350 g/mol. The highest BCUT2D eigenvalue weighted by Crippen LogP contribution is 2.31. The minimum absolute atomic E-state index is 0.0398. The zero-order valence-electron chi connectivity index (χ0n) is 16.7. The van der Waals surface area contributed by atoms with Crippen LogP contribution in [0.5, 0.6) is 0 Å². The van der Waals surface area contributed by atoms with Crippen molar-refractivity contribution in [1.29, 1.82) is 0 Å². The van der Waals surface area contributed by atoms with E-state index in [2.05, 4.69) is 54.6 Å². The molecule has 1 unspecified atom stereocenters. The van der Waals surface area contributed by atoms with Crippen LogP contribution in [0.15, 0.2) is 53.8 Å². The van der Waals surface area contributed by atoms with Crippen LogP contribution in [0.2, 0.25) is 0 Å². The number of carbonyl (C=O) groups excluding carboxylic acids is 1. The lowest BCUT2D eigenvalue weighted by molar-refractivity contribution is 0.0785. The minimum Gasteiger partial charge on any atom is -0.342 e. The number of benzene rings is 1. The van der Waals surface area contributed by atoms with E-state index in [1.165, 1.54) is 5.56 Å². The molecule has 1 amide bonds. The number of aromatic nitrogens is 1. The second-order valence-corrected chi connectivity index (χ2v) is 8.56. The Kier molecular flexibility index (Phi) is 4.67. The molecule has 1 spiro atoms. The van der Waals surface area contributed by atoms with Gasteiger partial charge in [0.2, 0.25) is 0 Å². The Labute approximate surface area is 166 Å². The van der Waals surface area contributed by atoms with Gasteiger partial charge in [0.25, 0.3) is 5.91 Å². The van der Waals surface area contributed by atoms with Crippen molar-refractivity contribution in [2.75, 3.05) is 18.4 Å². The van der Waals surface area contributed by atoms with Crippen LogP contribution in [0.1, 0.15) is 43.1 Å². The number of para-hydroxylation sites is 1. The Morgan fingerprint density at radius 2 is 1.93 bits per heavy atom. The van der Waals surface area contributed by atoms with Crippen molar-refractivity contribution < 1.29 is 4.79 Å². The third-order valence-corrected chi connectivity index (χ3v) is 5.27. The maximum atomic E-state index is 13.0. The quantitative estimate of drug-likeness (QED) is 0.801. The van der Waals surface area contributed by atoms with Crippen LogP contribution < -0.4 is 10.6 Å². The van der Waals surface area contributed by atoms with Gasteiger partial charge in [-0.05, 0) is 51.0 Å². The van der Waals surface area contributed by atoms with Gasteiger partial charge in [-0.25, -0.2) is 0 Å². The lowest BCUT2D eigenvalue weighted by atomic mass is 9.95. The Hall–Kier alpha value is -2.73. The van der Waals surface area contributed by atoms with Crippen molar-refractivity contribution in [2.24, 2.45) is 4.99 Å². The number of anilines is 1. The fraction of sp³-hybridized carbons (Fsp3) is 0.409. The molecule has 2 aromatic rings. The lowest BCUT2D eigenvalue weighted by Gasteiger charge is -2.32. The molecule has 0 saturated carbocycles. The monoisotopic (exact) mass is 377 g/mol. The van der Waals surface area contributed by atoms with Crippen molar-refractivity contribution in [2.45, 2.75) is 44.8 Å². The zero-order chi connectivity index (χ0) is 19.8. The Balaban J connectivity index is 1.67. The molecule has 4 rings (SSSR count). The number of rotatable bonds is 1. The molecule has 146 valence electrons. The Bertz CT molecular complexity index is 903.